The first kappa shape index (κ1) is 15.5. The summed E-state index contributed by atoms with van der Waals surface area (Å²) in [5.74, 6) is -4.05. The van der Waals surface area contributed by atoms with Gasteiger partial charge in [-0.05, 0) is 23.1 Å². The largest absolute Gasteiger partial charge is 0.481 e. The molecule has 4 heteroatoms. The molecule has 0 aromatic heterocycles. The zero-order chi connectivity index (χ0) is 15.9. The van der Waals surface area contributed by atoms with Crippen LogP contribution < -0.4 is 0 Å². The molecule has 0 aliphatic rings. The second kappa shape index (κ2) is 7.22. The molecule has 0 atom stereocenters. The predicted octanol–water partition coefficient (Wildman–Crippen LogP) is 3.18. The van der Waals surface area contributed by atoms with Gasteiger partial charge in [-0.2, -0.15) is 0 Å². The van der Waals surface area contributed by atoms with E-state index < -0.39 is 17.9 Å². The van der Waals surface area contributed by atoms with Crippen molar-refractivity contribution in [3.05, 3.63) is 71.3 Å². The quantitative estimate of drug-likeness (QED) is 0.634. The summed E-state index contributed by atoms with van der Waals surface area (Å²) in [6.07, 6.45) is 3.91. The van der Waals surface area contributed by atoms with E-state index in [2.05, 4.69) is 0 Å². The summed E-state index contributed by atoms with van der Waals surface area (Å²) in [5.41, 5.74) is 2.74. The van der Waals surface area contributed by atoms with Crippen LogP contribution in [0.15, 0.2) is 54.6 Å². The molecule has 0 amide bonds. The van der Waals surface area contributed by atoms with Crippen molar-refractivity contribution in [3.63, 3.8) is 0 Å². The van der Waals surface area contributed by atoms with E-state index in [0.29, 0.717) is 5.56 Å². The van der Waals surface area contributed by atoms with E-state index in [1.807, 2.05) is 54.6 Å². The van der Waals surface area contributed by atoms with Gasteiger partial charge in [-0.1, -0.05) is 66.7 Å². The average molecular weight is 296 g/mol. The van der Waals surface area contributed by atoms with Crippen LogP contribution in [-0.2, 0) is 16.0 Å². The zero-order valence-corrected chi connectivity index (χ0v) is 11.8. The fourth-order valence-corrected chi connectivity index (χ4v) is 2.04. The van der Waals surface area contributed by atoms with E-state index in [9.17, 15) is 9.59 Å². The molecular formula is C18H16O4. The van der Waals surface area contributed by atoms with Gasteiger partial charge in [0.2, 0.25) is 0 Å². The van der Waals surface area contributed by atoms with E-state index >= 15 is 0 Å². The fourth-order valence-electron chi connectivity index (χ4n) is 2.04. The smallest absolute Gasteiger partial charge is 0.318 e. The molecule has 0 spiro atoms. The van der Waals surface area contributed by atoms with Gasteiger partial charge in [-0.15, -0.1) is 0 Å². The van der Waals surface area contributed by atoms with Crippen molar-refractivity contribution < 1.29 is 19.8 Å². The highest BCUT2D eigenvalue weighted by atomic mass is 16.4. The summed E-state index contributed by atoms with van der Waals surface area (Å²) in [4.78, 5) is 21.8. The number of carbonyl (C=O) groups is 2. The summed E-state index contributed by atoms with van der Waals surface area (Å²) in [6, 6.07) is 17.1. The van der Waals surface area contributed by atoms with E-state index in [4.69, 9.17) is 10.2 Å². The molecule has 0 unspecified atom stereocenters. The van der Waals surface area contributed by atoms with Crippen molar-refractivity contribution in [2.45, 2.75) is 6.42 Å². The molecule has 0 saturated carbocycles. The van der Waals surface area contributed by atoms with Gasteiger partial charge in [-0.3, -0.25) is 9.59 Å². The van der Waals surface area contributed by atoms with Crippen molar-refractivity contribution >= 4 is 24.1 Å². The summed E-state index contributed by atoms with van der Waals surface area (Å²) in [5, 5.41) is 17.8. The SMILES string of the molecule is O=C(O)C(Cc1ccc(C=Cc2ccccc2)cc1)C(=O)O. The molecule has 2 aromatic carbocycles. The number of hydrogen-bond donors (Lipinski definition) is 2. The third-order valence-electron chi connectivity index (χ3n) is 3.28. The highest BCUT2D eigenvalue weighted by molar-refractivity contribution is 5.93. The molecule has 2 N–H and O–H groups in total. The van der Waals surface area contributed by atoms with Crippen LogP contribution in [-0.4, -0.2) is 22.2 Å². The van der Waals surface area contributed by atoms with Gasteiger partial charge in [-0.25, -0.2) is 0 Å². The van der Waals surface area contributed by atoms with E-state index in [0.717, 1.165) is 11.1 Å². The predicted molar refractivity (Wildman–Crippen MR) is 84.3 cm³/mol. The van der Waals surface area contributed by atoms with Crippen molar-refractivity contribution in [2.24, 2.45) is 5.92 Å². The minimum atomic E-state index is -1.41. The van der Waals surface area contributed by atoms with Crippen molar-refractivity contribution in [2.75, 3.05) is 0 Å². The Hall–Kier alpha value is -2.88. The third kappa shape index (κ3) is 4.31. The molecule has 0 saturated heterocycles. The Kier molecular flexibility index (Phi) is 5.09. The van der Waals surface area contributed by atoms with Gasteiger partial charge in [0.05, 0.1) is 0 Å². The first-order chi connectivity index (χ1) is 10.6. The Morgan fingerprint density at radius 1 is 0.818 bits per heavy atom. The molecule has 2 aromatic rings. The highest BCUT2D eigenvalue weighted by Crippen LogP contribution is 2.13. The van der Waals surface area contributed by atoms with Crippen LogP contribution in [0.2, 0.25) is 0 Å². The van der Waals surface area contributed by atoms with Crippen LogP contribution in [0.25, 0.3) is 12.2 Å². The lowest BCUT2D eigenvalue weighted by Crippen LogP contribution is -2.25. The number of rotatable bonds is 6. The normalized spacial score (nSPS) is 11.0. The van der Waals surface area contributed by atoms with Crippen LogP contribution in [0.4, 0.5) is 0 Å². The van der Waals surface area contributed by atoms with Gasteiger partial charge >= 0.3 is 11.9 Å². The molecule has 0 bridgehead atoms. The molecule has 0 aliphatic heterocycles. The van der Waals surface area contributed by atoms with E-state index in [1.165, 1.54) is 0 Å². The van der Waals surface area contributed by atoms with Crippen molar-refractivity contribution in [3.8, 4) is 0 Å². The van der Waals surface area contributed by atoms with Gasteiger partial charge < -0.3 is 10.2 Å². The minimum absolute atomic E-state index is 0.0205. The van der Waals surface area contributed by atoms with Crippen LogP contribution in [0.3, 0.4) is 0 Å². The Bertz CT molecular complexity index is 658. The summed E-state index contributed by atoms with van der Waals surface area (Å²) >= 11 is 0. The topological polar surface area (TPSA) is 74.6 Å². The molecule has 0 heterocycles. The lowest BCUT2D eigenvalue weighted by atomic mass is 9.98. The maximum atomic E-state index is 10.9. The number of aliphatic carboxylic acids is 2. The van der Waals surface area contributed by atoms with Crippen molar-refractivity contribution in [1.82, 2.24) is 0 Å². The molecule has 4 nitrogen and oxygen atoms in total. The third-order valence-corrected chi connectivity index (χ3v) is 3.28. The molecule has 112 valence electrons. The number of carboxylic acid groups (broad SMARTS) is 2. The number of carboxylic acids is 2. The number of benzene rings is 2. The monoisotopic (exact) mass is 296 g/mol. The van der Waals surface area contributed by atoms with Crippen LogP contribution in [0.5, 0.6) is 0 Å². The average Bonchev–Trinajstić information content (AvgIpc) is 2.52. The van der Waals surface area contributed by atoms with Gasteiger partial charge in [0, 0.05) is 0 Å². The lowest BCUT2D eigenvalue weighted by molar-refractivity contribution is -0.154. The van der Waals surface area contributed by atoms with Crippen LogP contribution in [0.1, 0.15) is 16.7 Å². The Balaban J connectivity index is 2.06. The van der Waals surface area contributed by atoms with Crippen molar-refractivity contribution in [1.29, 1.82) is 0 Å². The summed E-state index contributed by atoms with van der Waals surface area (Å²) in [6.45, 7) is 0. The first-order valence-corrected chi connectivity index (χ1v) is 6.84. The number of hydrogen-bond acceptors (Lipinski definition) is 2. The molecule has 2 rings (SSSR count). The second-order valence-electron chi connectivity index (χ2n) is 4.92. The summed E-state index contributed by atoms with van der Waals surface area (Å²) in [7, 11) is 0. The van der Waals surface area contributed by atoms with Gasteiger partial charge in [0.15, 0.2) is 5.92 Å². The first-order valence-electron chi connectivity index (χ1n) is 6.84. The van der Waals surface area contributed by atoms with E-state index in [-0.39, 0.29) is 6.42 Å². The van der Waals surface area contributed by atoms with Gasteiger partial charge in [0.1, 0.15) is 0 Å². The molecule has 22 heavy (non-hydrogen) atoms. The zero-order valence-electron chi connectivity index (χ0n) is 11.8. The Labute approximate surface area is 128 Å². The van der Waals surface area contributed by atoms with Gasteiger partial charge in [0.25, 0.3) is 0 Å². The fraction of sp³-hybridized carbons (Fsp3) is 0.111. The standard InChI is InChI=1S/C18H16O4/c19-17(20)16(18(21)22)12-15-10-8-14(9-11-15)7-6-13-4-2-1-3-5-13/h1-11,16H,12H2,(H,19,20)(H,21,22). The maximum Gasteiger partial charge on any atom is 0.318 e. The van der Waals surface area contributed by atoms with Crippen LogP contribution in [0, 0.1) is 5.92 Å². The molecule has 0 aliphatic carbocycles. The maximum absolute atomic E-state index is 10.9. The minimum Gasteiger partial charge on any atom is -0.481 e. The lowest BCUT2D eigenvalue weighted by Gasteiger charge is -2.07. The Morgan fingerprint density at radius 3 is 1.82 bits per heavy atom. The molecule has 0 fully saturated rings. The second-order valence-corrected chi connectivity index (χ2v) is 4.92. The highest BCUT2D eigenvalue weighted by Gasteiger charge is 2.25. The molecular weight excluding hydrogens is 280 g/mol. The summed E-state index contributed by atoms with van der Waals surface area (Å²) < 4.78 is 0. The van der Waals surface area contributed by atoms with Crippen LogP contribution >= 0.6 is 0 Å². The Morgan fingerprint density at radius 2 is 1.32 bits per heavy atom. The van der Waals surface area contributed by atoms with E-state index in [1.54, 1.807) is 12.1 Å². The molecule has 0 radical (unpaired) electrons.